The summed E-state index contributed by atoms with van der Waals surface area (Å²) in [5.41, 5.74) is 2.69. The van der Waals surface area contributed by atoms with E-state index in [9.17, 15) is 4.79 Å². The Morgan fingerprint density at radius 1 is 1.21 bits per heavy atom. The first-order valence-electron chi connectivity index (χ1n) is 9.64. The van der Waals surface area contributed by atoms with Crippen LogP contribution in [0.4, 0.5) is 5.69 Å². The van der Waals surface area contributed by atoms with Gasteiger partial charge >= 0.3 is 0 Å². The molecule has 1 aromatic carbocycles. The number of hydrogen-bond acceptors (Lipinski definition) is 3. The normalized spacial score (nSPS) is 27.6. The van der Waals surface area contributed by atoms with Gasteiger partial charge in [0.05, 0.1) is 12.0 Å². The summed E-state index contributed by atoms with van der Waals surface area (Å²) in [6.07, 6.45) is 6.31. The summed E-state index contributed by atoms with van der Waals surface area (Å²) < 4.78 is 0. The second-order valence-corrected chi connectivity index (χ2v) is 7.53. The maximum atomic E-state index is 12.7. The lowest BCUT2D eigenvalue weighted by molar-refractivity contribution is -0.126. The van der Waals surface area contributed by atoms with Crippen LogP contribution in [0.5, 0.6) is 0 Å². The molecule has 3 aliphatic rings. The Kier molecular flexibility index (Phi) is 4.49. The molecule has 1 aliphatic carbocycles. The number of carbonyl (C=O) groups excluding carboxylic acids is 1. The summed E-state index contributed by atoms with van der Waals surface area (Å²) in [5.74, 6) is 0.305. The smallest absolute Gasteiger partial charge is 0.225 e. The number of hydrogen-bond donors (Lipinski definition) is 1. The molecule has 1 saturated heterocycles. The van der Waals surface area contributed by atoms with Crippen molar-refractivity contribution in [2.45, 2.75) is 51.1 Å². The van der Waals surface area contributed by atoms with Crippen LogP contribution in [0.15, 0.2) is 24.3 Å². The van der Waals surface area contributed by atoms with Crippen molar-refractivity contribution >= 4 is 11.6 Å². The number of rotatable bonds is 3. The number of carbonyl (C=O) groups is 1. The predicted octanol–water partition coefficient (Wildman–Crippen LogP) is 2.43. The van der Waals surface area contributed by atoms with Crippen molar-refractivity contribution in [3.63, 3.8) is 0 Å². The first kappa shape index (κ1) is 15.9. The van der Waals surface area contributed by atoms with Crippen LogP contribution in [0.3, 0.4) is 0 Å². The van der Waals surface area contributed by atoms with E-state index in [1.807, 2.05) is 6.92 Å². The molecule has 0 spiro atoms. The highest BCUT2D eigenvalue weighted by atomic mass is 16.1. The molecule has 0 radical (unpaired) electrons. The summed E-state index contributed by atoms with van der Waals surface area (Å²) >= 11 is 0. The Morgan fingerprint density at radius 2 is 2.00 bits per heavy atom. The summed E-state index contributed by atoms with van der Waals surface area (Å²) in [5, 5.41) is 3.08. The van der Waals surface area contributed by atoms with E-state index in [0.29, 0.717) is 6.04 Å². The van der Waals surface area contributed by atoms with E-state index in [0.717, 1.165) is 38.6 Å². The van der Waals surface area contributed by atoms with E-state index in [2.05, 4.69) is 39.4 Å². The lowest BCUT2D eigenvalue weighted by Gasteiger charge is -2.50. The summed E-state index contributed by atoms with van der Waals surface area (Å²) in [4.78, 5) is 17.9. The van der Waals surface area contributed by atoms with Crippen molar-refractivity contribution in [3.05, 3.63) is 29.8 Å². The van der Waals surface area contributed by atoms with E-state index in [-0.39, 0.29) is 11.8 Å². The number of anilines is 1. The molecule has 1 amide bonds. The number of benzene rings is 1. The first-order chi connectivity index (χ1) is 11.8. The van der Waals surface area contributed by atoms with Gasteiger partial charge in [0.25, 0.3) is 0 Å². The molecule has 24 heavy (non-hydrogen) atoms. The molecule has 0 bridgehead atoms. The van der Waals surface area contributed by atoms with Crippen LogP contribution in [-0.4, -0.2) is 49.1 Å². The highest BCUT2D eigenvalue weighted by Gasteiger charge is 2.42. The molecule has 2 heterocycles. The van der Waals surface area contributed by atoms with Gasteiger partial charge in [0.1, 0.15) is 0 Å². The van der Waals surface area contributed by atoms with Crippen LogP contribution in [0.1, 0.15) is 38.2 Å². The van der Waals surface area contributed by atoms with E-state index in [4.69, 9.17) is 0 Å². The third-order valence-electron chi connectivity index (χ3n) is 6.18. The van der Waals surface area contributed by atoms with Gasteiger partial charge < -0.3 is 10.2 Å². The number of amides is 1. The van der Waals surface area contributed by atoms with Crippen molar-refractivity contribution in [1.82, 2.24) is 10.2 Å². The number of fused-ring (bicyclic) bond motifs is 3. The van der Waals surface area contributed by atoms with E-state index >= 15 is 0 Å². The van der Waals surface area contributed by atoms with Gasteiger partial charge in [-0.1, -0.05) is 31.0 Å². The highest BCUT2D eigenvalue weighted by molar-refractivity contribution is 5.82. The van der Waals surface area contributed by atoms with Crippen LogP contribution in [0, 0.1) is 5.92 Å². The third-order valence-corrected chi connectivity index (χ3v) is 6.18. The number of para-hydroxylation sites is 1. The van der Waals surface area contributed by atoms with E-state index < -0.39 is 0 Å². The Morgan fingerprint density at radius 3 is 2.79 bits per heavy atom. The molecule has 130 valence electrons. The molecule has 0 unspecified atom stereocenters. The fourth-order valence-corrected chi connectivity index (χ4v) is 4.99. The monoisotopic (exact) mass is 327 g/mol. The van der Waals surface area contributed by atoms with Crippen molar-refractivity contribution in [2.75, 3.05) is 31.1 Å². The van der Waals surface area contributed by atoms with Crippen LogP contribution >= 0.6 is 0 Å². The maximum absolute atomic E-state index is 12.7. The Bertz CT molecular complexity index is 596. The predicted molar refractivity (Wildman–Crippen MR) is 97.3 cm³/mol. The van der Waals surface area contributed by atoms with E-state index in [1.54, 1.807) is 0 Å². The molecule has 1 aromatic rings. The summed E-state index contributed by atoms with van der Waals surface area (Å²) in [6, 6.07) is 9.73. The number of nitrogens with one attached hydrogen (secondary N) is 1. The lowest BCUT2D eigenvalue weighted by atomic mass is 9.83. The lowest BCUT2D eigenvalue weighted by Crippen LogP contribution is -2.62. The molecular formula is C20H29N3O. The standard InChI is InChI=1S/C20H29N3O/c1-2-21-20(24)17-13-15-7-3-6-10-18(15)23-12-11-22(14-19(17)23)16-8-4-5-9-16/h3,6-7,10,16-17,19H,2,4-5,8-9,11-14H2,1H3,(H,21,24)/t17-,19-/m0/s1. The Balaban J connectivity index is 1.61. The second kappa shape index (κ2) is 6.75. The van der Waals surface area contributed by atoms with E-state index in [1.165, 1.54) is 36.9 Å². The highest BCUT2D eigenvalue weighted by Crippen LogP contribution is 2.37. The molecule has 1 N–H and O–H groups in total. The summed E-state index contributed by atoms with van der Waals surface area (Å²) in [6.45, 7) is 5.96. The zero-order chi connectivity index (χ0) is 16.5. The van der Waals surface area contributed by atoms with Gasteiger partial charge in [-0.05, 0) is 37.8 Å². The van der Waals surface area contributed by atoms with Crippen LogP contribution in [0.2, 0.25) is 0 Å². The Hall–Kier alpha value is -1.55. The Labute approximate surface area is 145 Å². The van der Waals surface area contributed by atoms with Crippen molar-refractivity contribution in [2.24, 2.45) is 5.92 Å². The van der Waals surface area contributed by atoms with Crippen LogP contribution < -0.4 is 10.2 Å². The van der Waals surface area contributed by atoms with Crippen LogP contribution in [0.25, 0.3) is 0 Å². The SMILES string of the molecule is CCNC(=O)[C@H]1Cc2ccccc2N2CCN(C3CCCC3)C[C@@H]12. The van der Waals surface area contributed by atoms with Crippen molar-refractivity contribution < 1.29 is 4.79 Å². The van der Waals surface area contributed by atoms with Gasteiger partial charge in [-0.25, -0.2) is 0 Å². The van der Waals surface area contributed by atoms with Gasteiger partial charge in [-0.3, -0.25) is 9.69 Å². The van der Waals surface area contributed by atoms with Gasteiger partial charge in [0.2, 0.25) is 5.91 Å². The summed E-state index contributed by atoms with van der Waals surface area (Å²) in [7, 11) is 0. The molecular weight excluding hydrogens is 298 g/mol. The van der Waals surface area contributed by atoms with Crippen LogP contribution in [-0.2, 0) is 11.2 Å². The van der Waals surface area contributed by atoms with Crippen molar-refractivity contribution in [3.8, 4) is 0 Å². The van der Waals surface area contributed by atoms with Gasteiger partial charge in [0, 0.05) is 37.9 Å². The molecule has 0 aromatic heterocycles. The van der Waals surface area contributed by atoms with Gasteiger partial charge in [-0.15, -0.1) is 0 Å². The minimum Gasteiger partial charge on any atom is -0.365 e. The number of nitrogens with zero attached hydrogens (tertiary/aromatic N) is 2. The molecule has 1 saturated carbocycles. The third kappa shape index (κ3) is 2.81. The van der Waals surface area contributed by atoms with Crippen molar-refractivity contribution in [1.29, 1.82) is 0 Å². The number of piperazine rings is 1. The molecule has 2 atom stereocenters. The average molecular weight is 327 g/mol. The topological polar surface area (TPSA) is 35.6 Å². The molecule has 4 nitrogen and oxygen atoms in total. The quantitative estimate of drug-likeness (QED) is 0.926. The zero-order valence-electron chi connectivity index (χ0n) is 14.7. The largest absolute Gasteiger partial charge is 0.365 e. The second-order valence-electron chi connectivity index (χ2n) is 7.53. The zero-order valence-corrected chi connectivity index (χ0v) is 14.7. The first-order valence-corrected chi connectivity index (χ1v) is 9.64. The molecule has 4 heteroatoms. The average Bonchev–Trinajstić information content (AvgIpc) is 3.15. The maximum Gasteiger partial charge on any atom is 0.225 e. The van der Waals surface area contributed by atoms with Gasteiger partial charge in [-0.2, -0.15) is 0 Å². The minimum atomic E-state index is 0.0732. The minimum absolute atomic E-state index is 0.0732. The molecule has 2 aliphatic heterocycles. The molecule has 2 fully saturated rings. The van der Waals surface area contributed by atoms with Gasteiger partial charge in [0.15, 0.2) is 0 Å². The fraction of sp³-hybridized carbons (Fsp3) is 0.650. The fourth-order valence-electron chi connectivity index (χ4n) is 4.99. The molecule has 4 rings (SSSR count).